The zero-order chi connectivity index (χ0) is 17.2. The van der Waals surface area contributed by atoms with Gasteiger partial charge in [-0.25, -0.2) is 0 Å². The Kier molecular flexibility index (Phi) is 3.90. The van der Waals surface area contributed by atoms with Gasteiger partial charge < -0.3 is 4.42 Å². The molecule has 0 aliphatic heterocycles. The minimum atomic E-state index is 0.0682. The van der Waals surface area contributed by atoms with Crippen LogP contribution in [0.3, 0.4) is 0 Å². The summed E-state index contributed by atoms with van der Waals surface area (Å²) in [5.74, 6) is 0.0682. The van der Waals surface area contributed by atoms with E-state index < -0.39 is 0 Å². The third-order valence-electron chi connectivity index (χ3n) is 4.21. The molecule has 4 aromatic rings. The van der Waals surface area contributed by atoms with Crippen molar-refractivity contribution in [1.82, 2.24) is 0 Å². The van der Waals surface area contributed by atoms with E-state index in [-0.39, 0.29) is 5.78 Å². The number of Topliss-reactive ketones (excluding diaryl/α,β-unsaturated/α-hetero) is 1. The van der Waals surface area contributed by atoms with Crippen molar-refractivity contribution < 1.29 is 9.21 Å². The van der Waals surface area contributed by atoms with Gasteiger partial charge in [0.1, 0.15) is 11.3 Å². The molecule has 1 aromatic heterocycles. The largest absolute Gasteiger partial charge is 0.454 e. The number of aliphatic imine (C=N–C) groups is 1. The molecule has 3 nitrogen and oxygen atoms in total. The number of rotatable bonds is 4. The fourth-order valence-electron chi connectivity index (χ4n) is 3.02. The highest BCUT2D eigenvalue weighted by Gasteiger charge is 2.11. The van der Waals surface area contributed by atoms with Crippen LogP contribution in [-0.2, 0) is 0 Å². The Labute approximate surface area is 145 Å². The molecule has 0 saturated carbocycles. The van der Waals surface area contributed by atoms with Crippen molar-refractivity contribution in [1.29, 1.82) is 0 Å². The molecular weight excluding hydrogens is 310 g/mol. The van der Waals surface area contributed by atoms with Crippen molar-refractivity contribution in [2.45, 2.75) is 13.3 Å². The Morgan fingerprint density at radius 2 is 1.60 bits per heavy atom. The molecule has 0 aliphatic rings. The Bertz CT molecular complexity index is 1090. The zero-order valence-corrected chi connectivity index (χ0v) is 13.9. The molecule has 0 bridgehead atoms. The maximum absolute atomic E-state index is 12.3. The molecule has 0 N–H and O–H groups in total. The molecule has 0 aliphatic carbocycles. The number of carbonyl (C=O) groups excluding carboxylic acids is 1. The van der Waals surface area contributed by atoms with E-state index in [1.165, 1.54) is 0 Å². The summed E-state index contributed by atoms with van der Waals surface area (Å²) in [5, 5.41) is 2.12. The number of nitrogens with zero attached hydrogens (tertiary/aromatic N) is 1. The highest BCUT2D eigenvalue weighted by atomic mass is 16.3. The molecule has 0 atom stereocenters. The molecule has 0 amide bonds. The molecule has 122 valence electrons. The predicted molar refractivity (Wildman–Crippen MR) is 102 cm³/mol. The van der Waals surface area contributed by atoms with Crippen LogP contribution in [-0.4, -0.2) is 11.5 Å². The van der Waals surface area contributed by atoms with E-state index in [9.17, 15) is 4.79 Å². The topological polar surface area (TPSA) is 42.6 Å². The molecule has 0 fully saturated rings. The van der Waals surface area contributed by atoms with Crippen LogP contribution in [0.5, 0.6) is 0 Å². The van der Waals surface area contributed by atoms with Gasteiger partial charge in [0.05, 0.1) is 0 Å². The van der Waals surface area contributed by atoms with Gasteiger partial charge in [-0.15, -0.1) is 0 Å². The van der Waals surface area contributed by atoms with Gasteiger partial charge in [0.25, 0.3) is 0 Å². The second-order valence-electron chi connectivity index (χ2n) is 6.07. The van der Waals surface area contributed by atoms with Gasteiger partial charge in [0.2, 0.25) is 0 Å². The molecule has 3 aromatic carbocycles. The number of fused-ring (bicyclic) bond motifs is 3. The maximum Gasteiger partial charge on any atom is 0.168 e. The van der Waals surface area contributed by atoms with E-state index in [1.54, 1.807) is 0 Å². The summed E-state index contributed by atoms with van der Waals surface area (Å²) in [7, 11) is 0. The van der Waals surface area contributed by atoms with Crippen molar-refractivity contribution in [3.8, 4) is 0 Å². The second-order valence-corrected chi connectivity index (χ2v) is 6.07. The third-order valence-corrected chi connectivity index (χ3v) is 4.21. The molecule has 3 heteroatoms. The van der Waals surface area contributed by atoms with Crippen LogP contribution in [0.2, 0.25) is 0 Å². The van der Waals surface area contributed by atoms with Gasteiger partial charge in [-0.05, 0) is 19.1 Å². The van der Waals surface area contributed by atoms with E-state index in [4.69, 9.17) is 4.42 Å². The summed E-state index contributed by atoms with van der Waals surface area (Å²) in [6.45, 7) is 1.88. The Morgan fingerprint density at radius 3 is 2.44 bits per heavy atom. The summed E-state index contributed by atoms with van der Waals surface area (Å²) >= 11 is 0. The molecule has 1 heterocycles. The Balaban J connectivity index is 1.69. The SMILES string of the molecule is CC(CC(=O)c1ccccc1)=Nc1cccc2c1oc1ccccc12. The number of hydrogen-bond acceptors (Lipinski definition) is 3. The van der Waals surface area contributed by atoms with Crippen LogP contribution in [0.1, 0.15) is 23.7 Å². The number of ketones is 1. The average molecular weight is 327 g/mol. The quantitative estimate of drug-likeness (QED) is 0.343. The van der Waals surface area contributed by atoms with Crippen molar-refractivity contribution in [2.24, 2.45) is 4.99 Å². The van der Waals surface area contributed by atoms with Gasteiger partial charge >= 0.3 is 0 Å². The molecule has 0 radical (unpaired) electrons. The molecular formula is C22H17NO2. The smallest absolute Gasteiger partial charge is 0.168 e. The number of benzene rings is 3. The van der Waals surface area contributed by atoms with E-state index in [1.807, 2.05) is 79.7 Å². The number of carbonyl (C=O) groups is 1. The zero-order valence-electron chi connectivity index (χ0n) is 13.9. The summed E-state index contributed by atoms with van der Waals surface area (Å²) in [6.07, 6.45) is 0.292. The molecule has 4 rings (SSSR count). The van der Waals surface area contributed by atoms with Crippen molar-refractivity contribution in [2.75, 3.05) is 0 Å². The van der Waals surface area contributed by atoms with Gasteiger partial charge in [-0.1, -0.05) is 60.7 Å². The fraction of sp³-hybridized carbons (Fsp3) is 0.0909. The normalized spacial score (nSPS) is 12.0. The summed E-state index contributed by atoms with van der Waals surface area (Å²) in [4.78, 5) is 17.0. The van der Waals surface area contributed by atoms with Crippen LogP contribution in [0.15, 0.2) is 82.2 Å². The molecule has 0 saturated heterocycles. The van der Waals surface area contributed by atoms with Gasteiger partial charge in [-0.3, -0.25) is 9.79 Å². The molecule has 0 spiro atoms. The first-order valence-electron chi connectivity index (χ1n) is 8.25. The first-order chi connectivity index (χ1) is 12.2. The van der Waals surface area contributed by atoms with Crippen LogP contribution in [0, 0.1) is 0 Å². The average Bonchev–Trinajstić information content (AvgIpc) is 3.02. The lowest BCUT2D eigenvalue weighted by molar-refractivity contribution is 0.100. The summed E-state index contributed by atoms with van der Waals surface area (Å²) < 4.78 is 5.98. The van der Waals surface area contributed by atoms with Crippen molar-refractivity contribution in [3.05, 3.63) is 78.4 Å². The van der Waals surface area contributed by atoms with Gasteiger partial charge in [0, 0.05) is 28.5 Å². The minimum Gasteiger partial charge on any atom is -0.454 e. The molecule has 0 unspecified atom stereocenters. The first kappa shape index (κ1) is 15.3. The summed E-state index contributed by atoms with van der Waals surface area (Å²) in [5.41, 5.74) is 3.83. The van der Waals surface area contributed by atoms with Crippen molar-refractivity contribution in [3.63, 3.8) is 0 Å². The van der Waals surface area contributed by atoms with E-state index in [2.05, 4.69) is 4.99 Å². The van der Waals surface area contributed by atoms with E-state index in [0.29, 0.717) is 12.0 Å². The molecule has 25 heavy (non-hydrogen) atoms. The second kappa shape index (κ2) is 6.36. The van der Waals surface area contributed by atoms with Gasteiger partial charge in [0.15, 0.2) is 11.4 Å². The number of furan rings is 1. The fourth-order valence-corrected chi connectivity index (χ4v) is 3.02. The van der Waals surface area contributed by atoms with E-state index in [0.717, 1.165) is 33.3 Å². The lowest BCUT2D eigenvalue weighted by Gasteiger charge is -2.02. The van der Waals surface area contributed by atoms with Crippen LogP contribution in [0.4, 0.5) is 5.69 Å². The monoisotopic (exact) mass is 327 g/mol. The van der Waals surface area contributed by atoms with Crippen molar-refractivity contribution >= 4 is 39.1 Å². The third kappa shape index (κ3) is 2.96. The number of hydrogen-bond donors (Lipinski definition) is 0. The lowest BCUT2D eigenvalue weighted by Crippen LogP contribution is -2.04. The van der Waals surface area contributed by atoms with Crippen LogP contribution >= 0.6 is 0 Å². The van der Waals surface area contributed by atoms with E-state index >= 15 is 0 Å². The maximum atomic E-state index is 12.3. The first-order valence-corrected chi connectivity index (χ1v) is 8.25. The van der Waals surface area contributed by atoms with Crippen LogP contribution < -0.4 is 0 Å². The standard InChI is InChI=1S/C22H17NO2/c1-15(14-20(24)16-8-3-2-4-9-16)23-19-12-7-11-18-17-10-5-6-13-21(17)25-22(18)19/h2-13H,14H2,1H3. The van der Waals surface area contributed by atoms with Crippen LogP contribution in [0.25, 0.3) is 21.9 Å². The summed E-state index contributed by atoms with van der Waals surface area (Å²) in [6, 6.07) is 23.2. The highest BCUT2D eigenvalue weighted by Crippen LogP contribution is 2.34. The van der Waals surface area contributed by atoms with Gasteiger partial charge in [-0.2, -0.15) is 0 Å². The Morgan fingerprint density at radius 1 is 0.880 bits per heavy atom. The Hall–Kier alpha value is -3.20. The lowest BCUT2D eigenvalue weighted by atomic mass is 10.1. The predicted octanol–water partition coefficient (Wildman–Crippen LogP) is 5.95. The highest BCUT2D eigenvalue weighted by molar-refractivity contribution is 6.12. The minimum absolute atomic E-state index is 0.0682. The number of para-hydroxylation sites is 2.